The van der Waals surface area contributed by atoms with Gasteiger partial charge in [-0.05, 0) is 61.7 Å². The number of halogens is 1. The van der Waals surface area contributed by atoms with Crippen LogP contribution in [0.25, 0.3) is 0 Å². The van der Waals surface area contributed by atoms with E-state index in [-0.39, 0.29) is 30.4 Å². The van der Waals surface area contributed by atoms with Crippen LogP contribution in [0.4, 0.5) is 10.1 Å². The average molecular weight is 482 g/mol. The van der Waals surface area contributed by atoms with Crippen molar-refractivity contribution in [1.29, 1.82) is 0 Å². The van der Waals surface area contributed by atoms with Gasteiger partial charge in [0, 0.05) is 50.9 Å². The molecule has 1 unspecified atom stereocenters. The van der Waals surface area contributed by atoms with Crippen molar-refractivity contribution in [3.8, 4) is 0 Å². The Kier molecular flexibility index (Phi) is 6.91. The predicted octanol–water partition coefficient (Wildman–Crippen LogP) is 1.96. The van der Waals surface area contributed by atoms with Gasteiger partial charge in [-0.2, -0.15) is 0 Å². The highest BCUT2D eigenvalue weighted by molar-refractivity contribution is 6.38. The van der Waals surface area contributed by atoms with Crippen LogP contribution in [0.15, 0.2) is 36.4 Å². The summed E-state index contributed by atoms with van der Waals surface area (Å²) in [5.74, 6) is 3.79. The maximum atomic E-state index is 13.7. The predicted molar refractivity (Wildman–Crippen MR) is 131 cm³/mol. The summed E-state index contributed by atoms with van der Waals surface area (Å²) in [6, 6.07) is 10.1. The molecule has 2 heterocycles. The summed E-state index contributed by atoms with van der Waals surface area (Å²) in [5, 5.41) is 3.84. The van der Waals surface area contributed by atoms with Crippen molar-refractivity contribution >= 4 is 23.3 Å². The largest absolute Gasteiger partial charge is 0.353 e. The molecule has 0 saturated carbocycles. The Morgan fingerprint density at radius 3 is 2.40 bits per heavy atom. The molecule has 1 fully saturated rings. The number of anilines is 1. The summed E-state index contributed by atoms with van der Waals surface area (Å²) < 4.78 is 13.3. The molecule has 0 bridgehead atoms. The number of aryl methyl sites for hydroxylation is 1. The fraction of sp³-hybridized carbons (Fsp3) is 0.423. The van der Waals surface area contributed by atoms with Crippen molar-refractivity contribution < 1.29 is 18.8 Å². The molecule has 0 spiro atoms. The topological polar surface area (TPSA) is 99.0 Å². The summed E-state index contributed by atoms with van der Waals surface area (Å²) in [6.45, 7) is 8.05. The van der Waals surface area contributed by atoms with Gasteiger partial charge in [0.2, 0.25) is 5.78 Å². The van der Waals surface area contributed by atoms with Gasteiger partial charge in [-0.25, -0.2) is 10.2 Å². The van der Waals surface area contributed by atoms with Crippen LogP contribution >= 0.6 is 0 Å². The minimum Gasteiger partial charge on any atom is -0.353 e. The summed E-state index contributed by atoms with van der Waals surface area (Å²) in [7, 11) is 1.42. The van der Waals surface area contributed by atoms with Crippen LogP contribution in [0.1, 0.15) is 46.8 Å². The van der Waals surface area contributed by atoms with Crippen molar-refractivity contribution in [1.82, 2.24) is 15.1 Å². The molecule has 3 atom stereocenters. The normalized spacial score (nSPS) is 22.2. The quantitative estimate of drug-likeness (QED) is 0.501. The van der Waals surface area contributed by atoms with E-state index in [2.05, 4.69) is 17.1 Å². The minimum absolute atomic E-state index is 0.0406. The van der Waals surface area contributed by atoms with Gasteiger partial charge in [0.25, 0.3) is 11.8 Å². The van der Waals surface area contributed by atoms with Gasteiger partial charge in [0.05, 0.1) is 11.6 Å². The number of ketones is 1. The number of fused-ring (bicyclic) bond motifs is 1. The van der Waals surface area contributed by atoms with Crippen LogP contribution < -0.4 is 16.2 Å². The second kappa shape index (κ2) is 9.75. The summed E-state index contributed by atoms with van der Waals surface area (Å²) in [5.41, 5.74) is 3.57. The van der Waals surface area contributed by atoms with Gasteiger partial charge in [-0.15, -0.1) is 0 Å². The van der Waals surface area contributed by atoms with Crippen molar-refractivity contribution in [2.75, 3.05) is 31.7 Å². The molecule has 1 saturated heterocycles. The molecule has 2 aliphatic heterocycles. The lowest BCUT2D eigenvalue weighted by atomic mass is 9.92. The first-order chi connectivity index (χ1) is 16.6. The molecule has 186 valence electrons. The third-order valence-corrected chi connectivity index (χ3v) is 7.11. The Balaban J connectivity index is 1.55. The Labute approximate surface area is 204 Å². The second-order valence-electron chi connectivity index (χ2n) is 9.59. The number of carbonyl (C=O) groups is 3. The molecular weight excluding hydrogens is 449 g/mol. The molecule has 9 heteroatoms. The van der Waals surface area contributed by atoms with Gasteiger partial charge in [-0.3, -0.25) is 19.3 Å². The van der Waals surface area contributed by atoms with Gasteiger partial charge in [-0.1, -0.05) is 12.1 Å². The highest BCUT2D eigenvalue weighted by atomic mass is 19.1. The minimum atomic E-state index is -0.717. The molecule has 2 aromatic rings. The molecule has 2 amide bonds. The SMILES string of the molecule is CNC(=O)C(=O)C1CN(N)c2cc(C)c(C(=O)N3C[C@H](C)N(Cc4ccc(F)cc4)C[C@H]3C)cc21. The summed E-state index contributed by atoms with van der Waals surface area (Å²) in [4.78, 5) is 42.5. The molecular formula is C26H32FN5O3. The molecule has 0 aliphatic carbocycles. The number of carbonyl (C=O) groups excluding carboxylic acids is 3. The third-order valence-electron chi connectivity index (χ3n) is 7.11. The highest BCUT2D eigenvalue weighted by Gasteiger charge is 2.38. The van der Waals surface area contributed by atoms with Crippen LogP contribution in [0.3, 0.4) is 0 Å². The lowest BCUT2D eigenvalue weighted by molar-refractivity contribution is -0.138. The standard InChI is InChI=1S/C26H32FN5O3/c1-15-9-23-21(22(14-32(23)28)24(33)25(34)29-4)10-20(15)26(35)31-12-16(2)30(11-17(31)3)13-18-5-7-19(27)8-6-18/h5-10,16-17,22H,11-14,28H2,1-4H3,(H,29,34)/t16-,17+,22?/m0/s1. The molecule has 2 aromatic carbocycles. The van der Waals surface area contributed by atoms with Crippen LogP contribution in [0.5, 0.6) is 0 Å². The van der Waals surface area contributed by atoms with E-state index in [0.717, 1.165) is 11.1 Å². The number of hydrogen-bond acceptors (Lipinski definition) is 6. The van der Waals surface area contributed by atoms with Gasteiger partial charge >= 0.3 is 0 Å². The van der Waals surface area contributed by atoms with E-state index in [1.165, 1.54) is 24.2 Å². The van der Waals surface area contributed by atoms with Crippen LogP contribution in [0.2, 0.25) is 0 Å². The smallest absolute Gasteiger partial charge is 0.287 e. The Bertz CT molecular complexity index is 1150. The number of amides is 2. The first-order valence-electron chi connectivity index (χ1n) is 11.8. The molecule has 8 nitrogen and oxygen atoms in total. The third kappa shape index (κ3) is 4.78. The number of likely N-dealkylation sites (N-methyl/N-ethyl adjacent to an activating group) is 1. The number of hydrogen-bond donors (Lipinski definition) is 2. The van der Waals surface area contributed by atoms with Crippen LogP contribution in [-0.4, -0.2) is 66.2 Å². The number of rotatable bonds is 5. The lowest BCUT2D eigenvalue weighted by Crippen LogP contribution is -2.57. The second-order valence-corrected chi connectivity index (χ2v) is 9.59. The number of piperazine rings is 1. The first-order valence-corrected chi connectivity index (χ1v) is 11.8. The fourth-order valence-corrected chi connectivity index (χ4v) is 5.05. The highest BCUT2D eigenvalue weighted by Crippen LogP contribution is 2.37. The zero-order valence-electron chi connectivity index (χ0n) is 20.5. The van der Waals surface area contributed by atoms with E-state index in [1.54, 1.807) is 18.2 Å². The maximum absolute atomic E-state index is 13.7. The lowest BCUT2D eigenvalue weighted by Gasteiger charge is -2.44. The summed E-state index contributed by atoms with van der Waals surface area (Å²) >= 11 is 0. The summed E-state index contributed by atoms with van der Waals surface area (Å²) in [6.07, 6.45) is 0. The molecule has 35 heavy (non-hydrogen) atoms. The monoisotopic (exact) mass is 481 g/mol. The van der Waals surface area contributed by atoms with Crippen molar-refractivity contribution in [2.24, 2.45) is 5.84 Å². The van der Waals surface area contributed by atoms with Crippen LogP contribution in [0, 0.1) is 12.7 Å². The van der Waals surface area contributed by atoms with Crippen molar-refractivity contribution in [3.05, 3.63) is 64.5 Å². The van der Waals surface area contributed by atoms with E-state index in [9.17, 15) is 18.8 Å². The van der Waals surface area contributed by atoms with E-state index >= 15 is 0 Å². The van der Waals surface area contributed by atoms with Gasteiger partial charge in [0.1, 0.15) is 5.82 Å². The Morgan fingerprint density at radius 1 is 1.06 bits per heavy atom. The fourth-order valence-electron chi connectivity index (χ4n) is 5.05. The number of nitrogens with two attached hydrogens (primary N) is 1. The number of hydrazine groups is 1. The van der Waals surface area contributed by atoms with Crippen molar-refractivity contribution in [3.63, 3.8) is 0 Å². The molecule has 0 radical (unpaired) electrons. The Morgan fingerprint density at radius 2 is 1.74 bits per heavy atom. The number of Topliss-reactive ketones (excluding diaryl/α,β-unsaturated/α-hetero) is 1. The van der Waals surface area contributed by atoms with E-state index in [0.29, 0.717) is 36.4 Å². The van der Waals surface area contributed by atoms with Crippen molar-refractivity contribution in [2.45, 2.75) is 45.3 Å². The van der Waals surface area contributed by atoms with Crippen LogP contribution in [-0.2, 0) is 16.1 Å². The van der Waals surface area contributed by atoms with E-state index in [1.807, 2.05) is 24.8 Å². The van der Waals surface area contributed by atoms with E-state index in [4.69, 9.17) is 5.84 Å². The number of nitrogens with zero attached hydrogens (tertiary/aromatic N) is 3. The molecule has 3 N–H and O–H groups in total. The van der Waals surface area contributed by atoms with Gasteiger partial charge < -0.3 is 15.2 Å². The Hall–Kier alpha value is -3.30. The zero-order valence-corrected chi connectivity index (χ0v) is 20.5. The first kappa shape index (κ1) is 24.8. The van der Waals surface area contributed by atoms with Gasteiger partial charge in [0.15, 0.2) is 0 Å². The molecule has 2 aliphatic rings. The maximum Gasteiger partial charge on any atom is 0.287 e. The number of benzene rings is 2. The molecule has 0 aromatic heterocycles. The molecule has 4 rings (SSSR count). The number of nitrogens with one attached hydrogen (secondary N) is 1. The van der Waals surface area contributed by atoms with E-state index < -0.39 is 17.6 Å². The average Bonchev–Trinajstić information content (AvgIpc) is 3.15. The zero-order chi connectivity index (χ0) is 25.4.